The maximum Gasteiger partial charge on any atom is 0.339 e. The molecule has 0 aliphatic heterocycles. The zero-order valence-corrected chi connectivity index (χ0v) is 15.9. The van der Waals surface area contributed by atoms with E-state index in [9.17, 15) is 28.9 Å². The third kappa shape index (κ3) is 5.48. The summed E-state index contributed by atoms with van der Waals surface area (Å²) < 4.78 is 23.2. The number of nitrogens with zero attached hydrogens (tertiary/aromatic N) is 1. The van der Waals surface area contributed by atoms with Gasteiger partial charge in [0, 0.05) is 17.2 Å². The summed E-state index contributed by atoms with van der Waals surface area (Å²) in [7, 11) is 1.07. The second-order valence-electron chi connectivity index (χ2n) is 5.68. The van der Waals surface area contributed by atoms with Gasteiger partial charge in [-0.05, 0) is 31.2 Å². The second-order valence-corrected chi connectivity index (χ2v) is 6.11. The van der Waals surface area contributed by atoms with Gasteiger partial charge in [-0.1, -0.05) is 11.6 Å². The van der Waals surface area contributed by atoms with E-state index in [4.69, 9.17) is 16.3 Å². The Morgan fingerprint density at radius 2 is 1.76 bits per heavy atom. The lowest BCUT2D eigenvalue weighted by Gasteiger charge is -2.14. The summed E-state index contributed by atoms with van der Waals surface area (Å²) in [4.78, 5) is 46.3. The van der Waals surface area contributed by atoms with Gasteiger partial charge in [0.15, 0.2) is 6.10 Å². The summed E-state index contributed by atoms with van der Waals surface area (Å²) >= 11 is 5.63. The zero-order chi connectivity index (χ0) is 21.7. The van der Waals surface area contributed by atoms with Crippen LogP contribution in [0.3, 0.4) is 0 Å². The van der Waals surface area contributed by atoms with Crippen molar-refractivity contribution >= 4 is 40.8 Å². The number of nitro groups is 1. The van der Waals surface area contributed by atoms with Crippen LogP contribution >= 0.6 is 11.6 Å². The van der Waals surface area contributed by atoms with Crippen LogP contribution in [-0.4, -0.2) is 36.0 Å². The van der Waals surface area contributed by atoms with E-state index in [1.54, 1.807) is 0 Å². The molecule has 9 nitrogen and oxygen atoms in total. The SMILES string of the molecule is COC(=O)c1cc(C(=O)OC(C)C(=O)Nc2ccc(Cl)cc2F)cc([N+](=O)[O-])c1. The van der Waals surface area contributed by atoms with E-state index in [-0.39, 0.29) is 21.8 Å². The van der Waals surface area contributed by atoms with Gasteiger partial charge in [-0.2, -0.15) is 0 Å². The molecule has 2 rings (SSSR count). The molecule has 0 heterocycles. The first-order valence-corrected chi connectivity index (χ1v) is 8.35. The molecule has 0 aliphatic rings. The lowest BCUT2D eigenvalue weighted by atomic mass is 10.1. The first-order chi connectivity index (χ1) is 13.6. The topological polar surface area (TPSA) is 125 Å². The molecule has 2 aromatic carbocycles. The summed E-state index contributed by atoms with van der Waals surface area (Å²) in [5.41, 5.74) is -1.29. The molecule has 1 N–H and O–H groups in total. The van der Waals surface area contributed by atoms with Gasteiger partial charge in [-0.25, -0.2) is 14.0 Å². The highest BCUT2D eigenvalue weighted by Crippen LogP contribution is 2.21. The number of benzene rings is 2. The van der Waals surface area contributed by atoms with Crippen LogP contribution in [0.2, 0.25) is 5.02 Å². The second kappa shape index (κ2) is 9.11. The summed E-state index contributed by atoms with van der Waals surface area (Å²) in [6, 6.07) is 6.43. The molecule has 1 amide bonds. The van der Waals surface area contributed by atoms with Gasteiger partial charge >= 0.3 is 11.9 Å². The standard InChI is InChI=1S/C18H14ClFN2O7/c1-9(16(23)21-15-4-3-12(19)8-14(15)20)29-18(25)11-5-10(17(24)28-2)6-13(7-11)22(26)27/h3-9H,1-2H3,(H,21,23). The lowest BCUT2D eigenvalue weighted by molar-refractivity contribution is -0.384. The fourth-order valence-electron chi connectivity index (χ4n) is 2.18. The highest BCUT2D eigenvalue weighted by molar-refractivity contribution is 6.30. The van der Waals surface area contributed by atoms with Crippen LogP contribution in [0.1, 0.15) is 27.6 Å². The van der Waals surface area contributed by atoms with E-state index in [1.807, 2.05) is 0 Å². The molecule has 11 heteroatoms. The monoisotopic (exact) mass is 424 g/mol. The van der Waals surface area contributed by atoms with Gasteiger partial charge in [0.05, 0.1) is 28.8 Å². The molecule has 2 aromatic rings. The van der Waals surface area contributed by atoms with Gasteiger partial charge in [-0.15, -0.1) is 0 Å². The molecule has 0 spiro atoms. The number of carbonyl (C=O) groups is 3. The zero-order valence-electron chi connectivity index (χ0n) is 15.1. The Balaban J connectivity index is 2.17. The van der Waals surface area contributed by atoms with Crippen LogP contribution in [-0.2, 0) is 14.3 Å². The van der Waals surface area contributed by atoms with E-state index in [0.717, 1.165) is 31.4 Å². The van der Waals surface area contributed by atoms with Crippen LogP contribution in [0, 0.1) is 15.9 Å². The summed E-state index contributed by atoms with van der Waals surface area (Å²) in [5.74, 6) is -3.63. The molecule has 152 valence electrons. The minimum absolute atomic E-state index is 0.132. The molecule has 1 unspecified atom stereocenters. The van der Waals surface area contributed by atoms with Gasteiger partial charge in [0.1, 0.15) is 5.82 Å². The van der Waals surface area contributed by atoms with Crippen molar-refractivity contribution < 1.29 is 33.2 Å². The first-order valence-electron chi connectivity index (χ1n) is 7.97. The highest BCUT2D eigenvalue weighted by atomic mass is 35.5. The van der Waals surface area contributed by atoms with Crippen LogP contribution in [0.4, 0.5) is 15.8 Å². The Hall–Kier alpha value is -3.53. The van der Waals surface area contributed by atoms with Crippen molar-refractivity contribution in [2.45, 2.75) is 13.0 Å². The molecule has 1 atom stereocenters. The number of non-ortho nitro benzene ring substituents is 1. The Morgan fingerprint density at radius 3 is 2.31 bits per heavy atom. The van der Waals surface area contributed by atoms with E-state index in [0.29, 0.717) is 0 Å². The summed E-state index contributed by atoms with van der Waals surface area (Å²) in [5, 5.41) is 13.4. The van der Waals surface area contributed by atoms with Gasteiger partial charge in [-0.3, -0.25) is 14.9 Å². The molecule has 0 fully saturated rings. The Bertz CT molecular complexity index is 996. The number of esters is 2. The number of methoxy groups -OCH3 is 1. The maximum atomic E-state index is 13.8. The third-order valence-electron chi connectivity index (χ3n) is 3.63. The fraction of sp³-hybridized carbons (Fsp3) is 0.167. The van der Waals surface area contributed by atoms with Crippen molar-refractivity contribution in [2.75, 3.05) is 12.4 Å². The van der Waals surface area contributed by atoms with Gasteiger partial charge in [0.2, 0.25) is 0 Å². The Kier molecular flexibility index (Phi) is 6.84. The average Bonchev–Trinajstić information content (AvgIpc) is 2.68. The lowest BCUT2D eigenvalue weighted by Crippen LogP contribution is -2.30. The predicted molar refractivity (Wildman–Crippen MR) is 99.4 cm³/mol. The van der Waals surface area contributed by atoms with Crippen molar-refractivity contribution in [1.29, 1.82) is 0 Å². The average molecular weight is 425 g/mol. The highest BCUT2D eigenvalue weighted by Gasteiger charge is 2.23. The number of halogens is 2. The third-order valence-corrected chi connectivity index (χ3v) is 3.86. The molecule has 0 saturated carbocycles. The van der Waals surface area contributed by atoms with E-state index in [2.05, 4.69) is 10.1 Å². The maximum absolute atomic E-state index is 13.8. The molecule has 0 aliphatic carbocycles. The van der Waals surface area contributed by atoms with E-state index >= 15 is 0 Å². The molecule has 0 radical (unpaired) electrons. The Labute approximate surface area is 168 Å². The molecule has 0 bridgehead atoms. The number of hydrogen-bond acceptors (Lipinski definition) is 7. The van der Waals surface area contributed by atoms with Crippen LogP contribution in [0.25, 0.3) is 0 Å². The number of hydrogen-bond donors (Lipinski definition) is 1. The minimum Gasteiger partial charge on any atom is -0.465 e. The largest absolute Gasteiger partial charge is 0.465 e. The van der Waals surface area contributed by atoms with Crippen molar-refractivity contribution in [3.63, 3.8) is 0 Å². The molecule has 0 saturated heterocycles. The number of nitro benzene ring substituents is 1. The van der Waals surface area contributed by atoms with E-state index < -0.39 is 40.4 Å². The smallest absolute Gasteiger partial charge is 0.339 e. The summed E-state index contributed by atoms with van der Waals surface area (Å²) in [6.45, 7) is 1.22. The van der Waals surface area contributed by atoms with Gasteiger partial charge in [0.25, 0.3) is 11.6 Å². The number of nitrogens with one attached hydrogen (secondary N) is 1. The molecular weight excluding hydrogens is 411 g/mol. The van der Waals surface area contributed by atoms with Crippen molar-refractivity contribution in [3.05, 3.63) is 68.5 Å². The van der Waals surface area contributed by atoms with Crippen molar-refractivity contribution in [1.82, 2.24) is 0 Å². The van der Waals surface area contributed by atoms with Crippen LogP contribution in [0.5, 0.6) is 0 Å². The van der Waals surface area contributed by atoms with Gasteiger partial charge < -0.3 is 14.8 Å². The molecular formula is C18H14ClFN2O7. The predicted octanol–water partition coefficient (Wildman–Crippen LogP) is 3.36. The van der Waals surface area contributed by atoms with Crippen LogP contribution in [0.15, 0.2) is 36.4 Å². The number of carbonyl (C=O) groups excluding carboxylic acids is 3. The molecule has 29 heavy (non-hydrogen) atoms. The first kappa shape index (κ1) is 21.8. The summed E-state index contributed by atoms with van der Waals surface area (Å²) in [6.07, 6.45) is -1.38. The number of anilines is 1. The van der Waals surface area contributed by atoms with Crippen LogP contribution < -0.4 is 5.32 Å². The quantitative estimate of drug-likeness (QED) is 0.428. The fourth-order valence-corrected chi connectivity index (χ4v) is 2.34. The number of amides is 1. The number of ether oxygens (including phenoxy) is 2. The van der Waals surface area contributed by atoms with E-state index in [1.165, 1.54) is 19.1 Å². The number of rotatable bonds is 6. The minimum atomic E-state index is -1.38. The normalized spacial score (nSPS) is 11.3. The van der Waals surface area contributed by atoms with Crippen molar-refractivity contribution in [3.8, 4) is 0 Å². The molecule has 0 aromatic heterocycles. The Morgan fingerprint density at radius 1 is 1.14 bits per heavy atom. The van der Waals surface area contributed by atoms with Crippen molar-refractivity contribution in [2.24, 2.45) is 0 Å².